The van der Waals surface area contributed by atoms with E-state index in [1.54, 1.807) is 54.5 Å². The standard InChI is InChI=1S/C30H34N4O5/c1-38-24-9-5-8-22(20-24)28(35)31-23-11-12-26(25(21-23)29(36)33-13-3-2-4-14-33)32-15-7-16-34(18-17-32)30(37)27-10-6-19-39-27/h5-6,8-12,19-21H,2-4,7,13-18H2,1H3,(H,31,35). The van der Waals surface area contributed by atoms with Crippen LogP contribution < -0.4 is 15.0 Å². The van der Waals surface area contributed by atoms with Crippen molar-refractivity contribution < 1.29 is 23.5 Å². The molecule has 2 aromatic carbocycles. The molecule has 204 valence electrons. The predicted octanol–water partition coefficient (Wildman–Crippen LogP) is 4.52. The van der Waals surface area contributed by atoms with Gasteiger partial charge in [0.15, 0.2) is 5.76 Å². The molecule has 0 radical (unpaired) electrons. The number of methoxy groups -OCH3 is 1. The molecule has 39 heavy (non-hydrogen) atoms. The maximum atomic E-state index is 13.8. The van der Waals surface area contributed by atoms with Crippen molar-refractivity contribution in [3.8, 4) is 5.75 Å². The van der Waals surface area contributed by atoms with Gasteiger partial charge < -0.3 is 29.2 Å². The van der Waals surface area contributed by atoms with Crippen molar-refractivity contribution in [2.45, 2.75) is 25.7 Å². The van der Waals surface area contributed by atoms with Crippen molar-refractivity contribution >= 4 is 29.1 Å². The first-order chi connectivity index (χ1) is 19.0. The van der Waals surface area contributed by atoms with Gasteiger partial charge in [-0.3, -0.25) is 14.4 Å². The Hall–Kier alpha value is -4.27. The van der Waals surface area contributed by atoms with Crippen molar-refractivity contribution in [3.05, 3.63) is 77.7 Å². The number of nitrogens with one attached hydrogen (secondary N) is 1. The molecule has 9 heteroatoms. The van der Waals surface area contributed by atoms with E-state index in [0.717, 1.165) is 44.5 Å². The number of carbonyl (C=O) groups is 3. The number of furan rings is 1. The van der Waals surface area contributed by atoms with E-state index in [2.05, 4.69) is 10.2 Å². The third-order valence-corrected chi connectivity index (χ3v) is 7.32. The van der Waals surface area contributed by atoms with E-state index in [1.165, 1.54) is 6.26 Å². The third kappa shape index (κ3) is 6.08. The van der Waals surface area contributed by atoms with Gasteiger partial charge in [0.05, 0.1) is 18.9 Å². The predicted molar refractivity (Wildman–Crippen MR) is 149 cm³/mol. The molecule has 0 spiro atoms. The van der Waals surface area contributed by atoms with Gasteiger partial charge in [0, 0.05) is 56.2 Å². The van der Waals surface area contributed by atoms with E-state index in [9.17, 15) is 14.4 Å². The fraction of sp³-hybridized carbons (Fsp3) is 0.367. The van der Waals surface area contributed by atoms with Crippen LogP contribution in [0.15, 0.2) is 65.3 Å². The lowest BCUT2D eigenvalue weighted by Crippen LogP contribution is -2.38. The number of hydrogen-bond acceptors (Lipinski definition) is 6. The second-order valence-corrected chi connectivity index (χ2v) is 9.88. The van der Waals surface area contributed by atoms with Crippen LogP contribution in [0.25, 0.3) is 0 Å². The zero-order chi connectivity index (χ0) is 27.2. The highest BCUT2D eigenvalue weighted by molar-refractivity contribution is 6.06. The molecule has 0 unspecified atom stereocenters. The van der Waals surface area contributed by atoms with E-state index in [-0.39, 0.29) is 17.7 Å². The van der Waals surface area contributed by atoms with Crippen molar-refractivity contribution in [1.82, 2.24) is 9.80 Å². The minimum absolute atomic E-state index is 0.0325. The number of likely N-dealkylation sites (tertiary alicyclic amines) is 1. The number of ether oxygens (including phenoxy) is 1. The summed E-state index contributed by atoms with van der Waals surface area (Å²) < 4.78 is 10.6. The zero-order valence-electron chi connectivity index (χ0n) is 22.2. The Morgan fingerprint density at radius 3 is 2.36 bits per heavy atom. The Morgan fingerprint density at radius 1 is 0.795 bits per heavy atom. The highest BCUT2D eigenvalue weighted by Crippen LogP contribution is 2.29. The van der Waals surface area contributed by atoms with Gasteiger partial charge in [0.25, 0.3) is 17.7 Å². The first-order valence-corrected chi connectivity index (χ1v) is 13.5. The fourth-order valence-corrected chi connectivity index (χ4v) is 5.21. The van der Waals surface area contributed by atoms with Crippen molar-refractivity contribution in [1.29, 1.82) is 0 Å². The molecular weight excluding hydrogens is 496 g/mol. The van der Waals surface area contributed by atoms with Crippen LogP contribution in [0, 0.1) is 0 Å². The van der Waals surface area contributed by atoms with Crippen molar-refractivity contribution in [2.24, 2.45) is 0 Å². The monoisotopic (exact) mass is 530 g/mol. The quantitative estimate of drug-likeness (QED) is 0.504. The second-order valence-electron chi connectivity index (χ2n) is 9.88. The van der Waals surface area contributed by atoms with Crippen LogP contribution in [0.3, 0.4) is 0 Å². The average molecular weight is 531 g/mol. The Labute approximate surface area is 228 Å². The van der Waals surface area contributed by atoms with Crippen LogP contribution >= 0.6 is 0 Å². The Bertz CT molecular complexity index is 1320. The van der Waals surface area contributed by atoms with Crippen LogP contribution in [-0.2, 0) is 0 Å². The Morgan fingerprint density at radius 2 is 1.59 bits per heavy atom. The molecule has 1 aromatic heterocycles. The summed E-state index contributed by atoms with van der Waals surface area (Å²) in [5.41, 5.74) is 2.40. The van der Waals surface area contributed by atoms with Gasteiger partial charge in [0.2, 0.25) is 0 Å². The summed E-state index contributed by atoms with van der Waals surface area (Å²) in [6.45, 7) is 3.87. The molecule has 3 aromatic rings. The Balaban J connectivity index is 1.39. The summed E-state index contributed by atoms with van der Waals surface area (Å²) in [6.07, 6.45) is 5.36. The summed E-state index contributed by atoms with van der Waals surface area (Å²) in [5.74, 6) is 0.497. The number of nitrogens with zero attached hydrogens (tertiary/aromatic N) is 3. The molecule has 0 aliphatic carbocycles. The molecule has 2 aliphatic heterocycles. The summed E-state index contributed by atoms with van der Waals surface area (Å²) >= 11 is 0. The molecule has 5 rings (SSSR count). The number of rotatable bonds is 6. The fourth-order valence-electron chi connectivity index (χ4n) is 5.21. The van der Waals surface area contributed by atoms with Crippen LogP contribution in [0.5, 0.6) is 5.75 Å². The molecule has 2 aliphatic rings. The first kappa shape index (κ1) is 26.3. The van der Waals surface area contributed by atoms with E-state index < -0.39 is 0 Å². The summed E-state index contributed by atoms with van der Waals surface area (Å²) in [4.78, 5) is 45.5. The highest BCUT2D eigenvalue weighted by atomic mass is 16.5. The van der Waals surface area contributed by atoms with E-state index in [4.69, 9.17) is 9.15 Å². The van der Waals surface area contributed by atoms with Crippen LogP contribution in [-0.4, -0.2) is 73.9 Å². The Kier molecular flexibility index (Phi) is 8.15. The molecule has 9 nitrogen and oxygen atoms in total. The SMILES string of the molecule is COc1cccc(C(=O)Nc2ccc(N3CCCN(C(=O)c4ccco4)CC3)c(C(=O)N3CCCCC3)c2)c1. The van der Waals surface area contributed by atoms with Crippen LogP contribution in [0.4, 0.5) is 11.4 Å². The van der Waals surface area contributed by atoms with Crippen LogP contribution in [0.2, 0.25) is 0 Å². The van der Waals surface area contributed by atoms with Gasteiger partial charge in [0.1, 0.15) is 5.75 Å². The number of piperidine rings is 1. The van der Waals surface area contributed by atoms with Crippen molar-refractivity contribution in [2.75, 3.05) is 56.6 Å². The topological polar surface area (TPSA) is 95.3 Å². The first-order valence-electron chi connectivity index (χ1n) is 13.5. The van der Waals surface area contributed by atoms with Gasteiger partial charge in [-0.05, 0) is 74.2 Å². The average Bonchev–Trinajstić information content (AvgIpc) is 3.42. The normalized spacial score (nSPS) is 16.0. The number of anilines is 2. The minimum Gasteiger partial charge on any atom is -0.497 e. The number of amides is 3. The molecule has 0 saturated carbocycles. The molecule has 2 saturated heterocycles. The largest absolute Gasteiger partial charge is 0.497 e. The molecular formula is C30H34N4O5. The lowest BCUT2D eigenvalue weighted by Gasteiger charge is -2.30. The smallest absolute Gasteiger partial charge is 0.289 e. The molecule has 0 atom stereocenters. The van der Waals surface area contributed by atoms with Gasteiger partial charge in [-0.15, -0.1) is 0 Å². The van der Waals surface area contributed by atoms with Gasteiger partial charge >= 0.3 is 0 Å². The van der Waals surface area contributed by atoms with Crippen LogP contribution in [0.1, 0.15) is 57.0 Å². The lowest BCUT2D eigenvalue weighted by atomic mass is 10.1. The summed E-state index contributed by atoms with van der Waals surface area (Å²) in [6, 6.07) is 15.9. The number of hydrogen-bond donors (Lipinski definition) is 1. The van der Waals surface area contributed by atoms with E-state index >= 15 is 0 Å². The number of benzene rings is 2. The zero-order valence-corrected chi connectivity index (χ0v) is 22.2. The molecule has 2 fully saturated rings. The maximum Gasteiger partial charge on any atom is 0.289 e. The van der Waals surface area contributed by atoms with Gasteiger partial charge in [-0.1, -0.05) is 6.07 Å². The molecule has 1 N–H and O–H groups in total. The van der Waals surface area contributed by atoms with Gasteiger partial charge in [-0.25, -0.2) is 0 Å². The highest BCUT2D eigenvalue weighted by Gasteiger charge is 2.27. The molecule has 3 amide bonds. The molecule has 0 bridgehead atoms. The maximum absolute atomic E-state index is 13.8. The van der Waals surface area contributed by atoms with E-state index in [0.29, 0.717) is 54.5 Å². The third-order valence-electron chi connectivity index (χ3n) is 7.32. The van der Waals surface area contributed by atoms with E-state index in [1.807, 2.05) is 17.0 Å². The number of carbonyl (C=O) groups excluding carboxylic acids is 3. The minimum atomic E-state index is -0.278. The second kappa shape index (κ2) is 12.1. The summed E-state index contributed by atoms with van der Waals surface area (Å²) in [5, 5.41) is 2.94. The molecule has 3 heterocycles. The van der Waals surface area contributed by atoms with Gasteiger partial charge in [-0.2, -0.15) is 0 Å². The summed E-state index contributed by atoms with van der Waals surface area (Å²) in [7, 11) is 1.56. The van der Waals surface area contributed by atoms with Crippen molar-refractivity contribution in [3.63, 3.8) is 0 Å². The lowest BCUT2D eigenvalue weighted by molar-refractivity contribution is 0.0720.